The van der Waals surface area contributed by atoms with Crippen LogP contribution >= 0.6 is 0 Å². The van der Waals surface area contributed by atoms with Crippen molar-refractivity contribution in [3.63, 3.8) is 0 Å². The van der Waals surface area contributed by atoms with Crippen molar-refractivity contribution >= 4 is 11.7 Å². The zero-order chi connectivity index (χ0) is 16.2. The Bertz CT molecular complexity index is 621. The number of hydrogen-bond acceptors (Lipinski definition) is 3. The van der Waals surface area contributed by atoms with Gasteiger partial charge in [-0.15, -0.1) is 0 Å². The quantitative estimate of drug-likeness (QED) is 0.898. The maximum absolute atomic E-state index is 11.9. The van der Waals surface area contributed by atoms with E-state index < -0.39 is 0 Å². The highest BCUT2D eigenvalue weighted by molar-refractivity contribution is 5.89. The summed E-state index contributed by atoms with van der Waals surface area (Å²) in [4.78, 5) is 11.9. The molecule has 0 atom stereocenters. The molecule has 1 aromatic heterocycles. The number of benzene rings is 1. The molecule has 0 saturated carbocycles. The third-order valence-electron chi connectivity index (χ3n) is 3.51. The molecule has 2 rings (SSSR count). The summed E-state index contributed by atoms with van der Waals surface area (Å²) in [6, 6.07) is 10.2. The zero-order valence-corrected chi connectivity index (χ0v) is 13.8. The molecule has 0 radical (unpaired) electrons. The number of carbonyl (C=O) groups excluding carboxylic acids is 1. The smallest absolute Gasteiger partial charge is 0.225 e. The molecule has 0 bridgehead atoms. The first-order valence-electron chi connectivity index (χ1n) is 7.67. The molecule has 0 saturated heterocycles. The first-order valence-corrected chi connectivity index (χ1v) is 7.67. The fourth-order valence-electron chi connectivity index (χ4n) is 2.10. The summed E-state index contributed by atoms with van der Waals surface area (Å²) in [5, 5.41) is 6.68. The minimum Gasteiger partial charge on any atom is -0.359 e. The minimum atomic E-state index is -0.110. The van der Waals surface area contributed by atoms with E-state index in [2.05, 4.69) is 41.7 Å². The molecule has 22 heavy (non-hydrogen) atoms. The zero-order valence-electron chi connectivity index (χ0n) is 13.8. The number of hydrogen-bond donors (Lipinski definition) is 1. The van der Waals surface area contributed by atoms with E-state index in [0.29, 0.717) is 12.2 Å². The highest BCUT2D eigenvalue weighted by atomic mass is 16.5. The van der Waals surface area contributed by atoms with Gasteiger partial charge in [-0.1, -0.05) is 55.8 Å². The molecule has 0 spiro atoms. The van der Waals surface area contributed by atoms with Gasteiger partial charge in [-0.25, -0.2) is 0 Å². The Labute approximate surface area is 131 Å². The number of nitrogens with one attached hydrogen (secondary N) is 1. The van der Waals surface area contributed by atoms with Crippen LogP contribution in [0.1, 0.15) is 50.5 Å². The molecule has 118 valence electrons. The second-order valence-electron chi connectivity index (χ2n) is 6.71. The second kappa shape index (κ2) is 6.77. The maximum atomic E-state index is 11.9. The second-order valence-corrected chi connectivity index (χ2v) is 6.71. The highest BCUT2D eigenvalue weighted by Crippen LogP contribution is 2.24. The van der Waals surface area contributed by atoms with Crippen molar-refractivity contribution in [2.75, 3.05) is 5.32 Å². The summed E-state index contributed by atoms with van der Waals surface area (Å²) >= 11 is 0. The van der Waals surface area contributed by atoms with E-state index in [1.807, 2.05) is 20.8 Å². The van der Waals surface area contributed by atoms with Crippen LogP contribution in [0.25, 0.3) is 0 Å². The topological polar surface area (TPSA) is 55.1 Å². The van der Waals surface area contributed by atoms with E-state index in [4.69, 9.17) is 4.52 Å². The monoisotopic (exact) mass is 300 g/mol. The van der Waals surface area contributed by atoms with E-state index >= 15 is 0 Å². The molecule has 1 N–H and O–H groups in total. The van der Waals surface area contributed by atoms with Crippen LogP contribution in [0.3, 0.4) is 0 Å². The lowest BCUT2D eigenvalue weighted by molar-refractivity contribution is -0.116. The van der Waals surface area contributed by atoms with Crippen molar-refractivity contribution in [1.82, 2.24) is 5.16 Å². The Hall–Kier alpha value is -2.10. The molecule has 4 nitrogen and oxygen atoms in total. The minimum absolute atomic E-state index is 0.0270. The Kier molecular flexibility index (Phi) is 5.01. The molecule has 0 aliphatic rings. The van der Waals surface area contributed by atoms with Crippen LogP contribution in [0.4, 0.5) is 5.82 Å². The largest absolute Gasteiger partial charge is 0.359 e. The molecule has 1 aromatic carbocycles. The van der Waals surface area contributed by atoms with Crippen molar-refractivity contribution in [2.45, 2.75) is 52.4 Å². The van der Waals surface area contributed by atoms with Gasteiger partial charge in [0.2, 0.25) is 5.91 Å². The van der Waals surface area contributed by atoms with Gasteiger partial charge in [-0.3, -0.25) is 4.79 Å². The average molecular weight is 300 g/mol. The number of amides is 1. The van der Waals surface area contributed by atoms with E-state index in [-0.39, 0.29) is 11.3 Å². The number of aromatic nitrogens is 1. The highest BCUT2D eigenvalue weighted by Gasteiger charge is 2.20. The third kappa shape index (κ3) is 4.72. The van der Waals surface area contributed by atoms with Crippen LogP contribution < -0.4 is 5.32 Å². The Morgan fingerprint density at radius 2 is 1.91 bits per heavy atom. The molecular formula is C18H24N2O2. The van der Waals surface area contributed by atoms with Gasteiger partial charge in [0.05, 0.1) is 0 Å². The van der Waals surface area contributed by atoms with Crippen LogP contribution in [-0.2, 0) is 16.6 Å². The molecule has 0 unspecified atom stereocenters. The van der Waals surface area contributed by atoms with Gasteiger partial charge in [0.15, 0.2) is 5.82 Å². The molecule has 1 heterocycles. The molecule has 0 fully saturated rings. The van der Waals surface area contributed by atoms with Crippen molar-refractivity contribution < 1.29 is 9.32 Å². The summed E-state index contributed by atoms with van der Waals surface area (Å²) in [6.45, 7) is 8.20. The lowest BCUT2D eigenvalue weighted by Crippen LogP contribution is -2.12. The number of rotatable bonds is 5. The Balaban J connectivity index is 1.78. The van der Waals surface area contributed by atoms with Gasteiger partial charge in [0.1, 0.15) is 5.76 Å². The Morgan fingerprint density at radius 1 is 1.23 bits per heavy atom. The van der Waals surface area contributed by atoms with Crippen molar-refractivity contribution in [1.29, 1.82) is 0 Å². The van der Waals surface area contributed by atoms with Gasteiger partial charge in [-0.2, -0.15) is 0 Å². The molecule has 1 amide bonds. The van der Waals surface area contributed by atoms with Crippen molar-refractivity contribution in [2.24, 2.45) is 0 Å². The normalized spacial score (nSPS) is 11.5. The van der Waals surface area contributed by atoms with E-state index in [0.717, 1.165) is 18.6 Å². The van der Waals surface area contributed by atoms with Crippen molar-refractivity contribution in [3.8, 4) is 0 Å². The number of carbonyl (C=O) groups is 1. The molecular weight excluding hydrogens is 276 g/mol. The summed E-state index contributed by atoms with van der Waals surface area (Å²) in [5.74, 6) is 1.23. The Morgan fingerprint density at radius 3 is 2.50 bits per heavy atom. The van der Waals surface area contributed by atoms with Crippen LogP contribution in [-0.4, -0.2) is 11.1 Å². The fraction of sp³-hybridized carbons (Fsp3) is 0.444. The summed E-state index contributed by atoms with van der Waals surface area (Å²) < 4.78 is 5.25. The van der Waals surface area contributed by atoms with Crippen LogP contribution in [0.5, 0.6) is 0 Å². The predicted molar refractivity (Wildman–Crippen MR) is 87.9 cm³/mol. The van der Waals surface area contributed by atoms with Gasteiger partial charge in [0.25, 0.3) is 0 Å². The van der Waals surface area contributed by atoms with Crippen LogP contribution in [0.2, 0.25) is 0 Å². The predicted octanol–water partition coefficient (Wildman–Crippen LogP) is 4.24. The van der Waals surface area contributed by atoms with E-state index in [1.165, 1.54) is 11.1 Å². The number of aryl methyl sites for hydroxylation is 2. The molecule has 0 aliphatic heterocycles. The molecule has 4 heteroatoms. The SMILES string of the molecule is Cc1ccc(CCCC(=O)Nc2cc(C(C)(C)C)on2)cc1. The van der Waals surface area contributed by atoms with E-state index in [1.54, 1.807) is 6.07 Å². The lowest BCUT2D eigenvalue weighted by atomic mass is 9.93. The summed E-state index contributed by atoms with van der Waals surface area (Å²) in [6.07, 6.45) is 2.20. The average Bonchev–Trinajstić information content (AvgIpc) is 2.89. The number of nitrogens with zero attached hydrogens (tertiary/aromatic N) is 1. The van der Waals surface area contributed by atoms with Crippen molar-refractivity contribution in [3.05, 3.63) is 47.2 Å². The fourth-order valence-corrected chi connectivity index (χ4v) is 2.10. The molecule has 2 aromatic rings. The van der Waals surface area contributed by atoms with Gasteiger partial charge in [0, 0.05) is 17.9 Å². The lowest BCUT2D eigenvalue weighted by Gasteiger charge is -2.12. The standard InChI is InChI=1S/C18H24N2O2/c1-13-8-10-14(11-9-13)6-5-7-17(21)19-16-12-15(22-20-16)18(2,3)4/h8-12H,5-7H2,1-4H3,(H,19,20,21). The maximum Gasteiger partial charge on any atom is 0.225 e. The first-order chi connectivity index (χ1) is 10.3. The van der Waals surface area contributed by atoms with Gasteiger partial charge >= 0.3 is 0 Å². The van der Waals surface area contributed by atoms with Crippen LogP contribution in [0.15, 0.2) is 34.9 Å². The summed E-state index contributed by atoms with van der Waals surface area (Å²) in [5.41, 5.74) is 2.40. The number of anilines is 1. The molecule has 0 aliphatic carbocycles. The van der Waals surface area contributed by atoms with E-state index in [9.17, 15) is 4.79 Å². The first kappa shape index (κ1) is 16.3. The third-order valence-corrected chi connectivity index (χ3v) is 3.51. The van der Waals surface area contributed by atoms with Gasteiger partial charge < -0.3 is 9.84 Å². The summed E-state index contributed by atoms with van der Waals surface area (Å²) in [7, 11) is 0. The van der Waals surface area contributed by atoms with Gasteiger partial charge in [-0.05, 0) is 25.3 Å². The van der Waals surface area contributed by atoms with Crippen LogP contribution in [0, 0.1) is 6.92 Å².